The summed E-state index contributed by atoms with van der Waals surface area (Å²) in [6.07, 6.45) is 0.934. The van der Waals surface area contributed by atoms with E-state index in [1.807, 2.05) is 13.8 Å². The van der Waals surface area contributed by atoms with Gasteiger partial charge < -0.3 is 5.32 Å². The van der Waals surface area contributed by atoms with E-state index in [9.17, 15) is 4.79 Å². The van der Waals surface area contributed by atoms with Gasteiger partial charge in [0.15, 0.2) is 0 Å². The Morgan fingerprint density at radius 2 is 2.23 bits per heavy atom. The quantitative estimate of drug-likeness (QED) is 0.869. The molecule has 0 saturated carbocycles. The first-order valence-corrected chi connectivity index (χ1v) is 7.96. The van der Waals surface area contributed by atoms with E-state index >= 15 is 0 Å². The topological polar surface area (TPSA) is 56.1 Å². The molecule has 2 atom stereocenters. The summed E-state index contributed by atoms with van der Waals surface area (Å²) in [5.41, 5.74) is 2.55. The number of hydrogen-bond donors (Lipinski definition) is 1. The second kappa shape index (κ2) is 7.42. The molecule has 22 heavy (non-hydrogen) atoms. The van der Waals surface area contributed by atoms with Gasteiger partial charge in [0.2, 0.25) is 5.91 Å². The predicted octanol–water partition coefficient (Wildman–Crippen LogP) is 2.45. The number of rotatable bonds is 4. The lowest BCUT2D eigenvalue weighted by Gasteiger charge is -2.37. The van der Waals surface area contributed by atoms with Gasteiger partial charge in [0, 0.05) is 25.0 Å². The van der Waals surface area contributed by atoms with Crippen LogP contribution in [0.15, 0.2) is 24.3 Å². The standard InChI is InChI=1S/C18H25N3O/c1-13(2)18(22)20-17-10-16(11-21(12-17)8-7-19)15-6-4-5-14(3)9-15/h4-6,9,13,16-17H,8,10-12H2,1-3H3,(H,20,22). The van der Waals surface area contributed by atoms with E-state index in [1.54, 1.807) is 0 Å². The van der Waals surface area contributed by atoms with Gasteiger partial charge in [-0.05, 0) is 24.8 Å². The van der Waals surface area contributed by atoms with E-state index < -0.39 is 0 Å². The van der Waals surface area contributed by atoms with Crippen LogP contribution in [0.5, 0.6) is 0 Å². The van der Waals surface area contributed by atoms with Crippen molar-refractivity contribution in [3.8, 4) is 6.07 Å². The molecule has 1 N–H and O–H groups in total. The lowest BCUT2D eigenvalue weighted by molar-refractivity contribution is -0.125. The molecule has 0 bridgehead atoms. The van der Waals surface area contributed by atoms with Gasteiger partial charge >= 0.3 is 0 Å². The Balaban J connectivity index is 2.13. The highest BCUT2D eigenvalue weighted by atomic mass is 16.1. The Bertz CT molecular complexity index is 562. The predicted molar refractivity (Wildman–Crippen MR) is 87.4 cm³/mol. The molecular weight excluding hydrogens is 274 g/mol. The van der Waals surface area contributed by atoms with Gasteiger partial charge in [0.1, 0.15) is 0 Å². The molecule has 1 aromatic carbocycles. The summed E-state index contributed by atoms with van der Waals surface area (Å²) >= 11 is 0. The molecule has 0 aliphatic carbocycles. The van der Waals surface area contributed by atoms with Crippen molar-refractivity contribution in [3.05, 3.63) is 35.4 Å². The van der Waals surface area contributed by atoms with Gasteiger partial charge in [-0.15, -0.1) is 0 Å². The first-order valence-electron chi connectivity index (χ1n) is 7.96. The van der Waals surface area contributed by atoms with Crippen molar-refractivity contribution >= 4 is 5.91 Å². The van der Waals surface area contributed by atoms with Crippen molar-refractivity contribution < 1.29 is 4.79 Å². The number of benzene rings is 1. The zero-order chi connectivity index (χ0) is 16.1. The van der Waals surface area contributed by atoms with Crippen LogP contribution >= 0.6 is 0 Å². The van der Waals surface area contributed by atoms with Crippen LogP contribution in [0.3, 0.4) is 0 Å². The smallest absolute Gasteiger partial charge is 0.222 e. The number of amides is 1. The molecule has 2 unspecified atom stereocenters. The van der Waals surface area contributed by atoms with E-state index in [-0.39, 0.29) is 17.9 Å². The summed E-state index contributed by atoms with van der Waals surface area (Å²) in [5.74, 6) is 0.440. The Kier molecular flexibility index (Phi) is 5.57. The van der Waals surface area contributed by atoms with Crippen LogP contribution in [-0.2, 0) is 4.79 Å². The number of aryl methyl sites for hydroxylation is 1. The minimum Gasteiger partial charge on any atom is -0.352 e. The number of likely N-dealkylation sites (tertiary alicyclic amines) is 1. The average Bonchev–Trinajstić information content (AvgIpc) is 2.47. The molecule has 1 amide bonds. The van der Waals surface area contributed by atoms with Crippen molar-refractivity contribution in [1.82, 2.24) is 10.2 Å². The van der Waals surface area contributed by atoms with Gasteiger partial charge in [0.05, 0.1) is 12.6 Å². The Hall–Kier alpha value is -1.86. The highest BCUT2D eigenvalue weighted by molar-refractivity contribution is 5.78. The molecule has 118 valence electrons. The normalized spacial score (nSPS) is 22.3. The monoisotopic (exact) mass is 299 g/mol. The lowest BCUT2D eigenvalue weighted by atomic mass is 9.87. The van der Waals surface area contributed by atoms with Gasteiger partial charge in [-0.25, -0.2) is 0 Å². The molecular formula is C18H25N3O. The molecule has 1 heterocycles. The van der Waals surface area contributed by atoms with Crippen LogP contribution in [0.1, 0.15) is 37.3 Å². The van der Waals surface area contributed by atoms with Crippen LogP contribution < -0.4 is 5.32 Å². The van der Waals surface area contributed by atoms with Crippen molar-refractivity contribution in [2.45, 2.75) is 39.2 Å². The van der Waals surface area contributed by atoms with Crippen LogP contribution in [0.25, 0.3) is 0 Å². The number of piperidine rings is 1. The number of carbonyl (C=O) groups excluding carboxylic acids is 1. The fourth-order valence-electron chi connectivity index (χ4n) is 3.06. The lowest BCUT2D eigenvalue weighted by Crippen LogP contribution is -2.51. The van der Waals surface area contributed by atoms with Crippen LogP contribution in [0, 0.1) is 24.2 Å². The Labute approximate surface area is 133 Å². The zero-order valence-corrected chi connectivity index (χ0v) is 13.7. The number of hydrogen-bond acceptors (Lipinski definition) is 3. The molecule has 0 aromatic heterocycles. The SMILES string of the molecule is Cc1cccc(C2CC(NC(=O)C(C)C)CN(CC#N)C2)c1. The molecule has 0 radical (unpaired) electrons. The maximum absolute atomic E-state index is 12.0. The van der Waals surface area contributed by atoms with E-state index in [4.69, 9.17) is 5.26 Å². The minimum atomic E-state index is -0.0104. The molecule has 4 heteroatoms. The van der Waals surface area contributed by atoms with E-state index in [0.29, 0.717) is 12.5 Å². The molecule has 0 spiro atoms. The van der Waals surface area contributed by atoms with E-state index in [1.165, 1.54) is 11.1 Å². The second-order valence-corrected chi connectivity index (χ2v) is 6.56. The number of nitriles is 1. The van der Waals surface area contributed by atoms with Crippen molar-refractivity contribution in [2.24, 2.45) is 5.92 Å². The summed E-state index contributed by atoms with van der Waals surface area (Å²) in [7, 11) is 0. The summed E-state index contributed by atoms with van der Waals surface area (Å²) in [6, 6.07) is 10.9. The van der Waals surface area contributed by atoms with Gasteiger partial charge in [-0.2, -0.15) is 5.26 Å². The maximum Gasteiger partial charge on any atom is 0.222 e. The fraction of sp³-hybridized carbons (Fsp3) is 0.556. The van der Waals surface area contributed by atoms with Crippen LogP contribution in [0.4, 0.5) is 0 Å². The Morgan fingerprint density at radius 1 is 1.45 bits per heavy atom. The summed E-state index contributed by atoms with van der Waals surface area (Å²) in [4.78, 5) is 14.1. The number of nitrogens with one attached hydrogen (secondary N) is 1. The van der Waals surface area contributed by atoms with Gasteiger partial charge in [0.25, 0.3) is 0 Å². The van der Waals surface area contributed by atoms with E-state index in [2.05, 4.69) is 47.5 Å². The maximum atomic E-state index is 12.0. The summed E-state index contributed by atoms with van der Waals surface area (Å²) in [6.45, 7) is 7.96. The Morgan fingerprint density at radius 3 is 2.86 bits per heavy atom. The molecule has 1 saturated heterocycles. The highest BCUT2D eigenvalue weighted by Crippen LogP contribution is 2.27. The minimum absolute atomic E-state index is 0.0104. The molecule has 4 nitrogen and oxygen atoms in total. The fourth-order valence-corrected chi connectivity index (χ4v) is 3.06. The third-order valence-electron chi connectivity index (χ3n) is 4.20. The zero-order valence-electron chi connectivity index (χ0n) is 13.7. The molecule has 1 aromatic rings. The molecule has 1 aliphatic rings. The third kappa shape index (κ3) is 4.32. The third-order valence-corrected chi connectivity index (χ3v) is 4.20. The average molecular weight is 299 g/mol. The van der Waals surface area contributed by atoms with Gasteiger partial charge in [-0.1, -0.05) is 43.7 Å². The van der Waals surface area contributed by atoms with Gasteiger partial charge in [-0.3, -0.25) is 9.69 Å². The summed E-state index contributed by atoms with van der Waals surface area (Å²) < 4.78 is 0. The number of carbonyl (C=O) groups is 1. The first-order chi connectivity index (χ1) is 10.5. The number of nitrogens with zero attached hydrogens (tertiary/aromatic N) is 2. The first kappa shape index (κ1) is 16.5. The largest absolute Gasteiger partial charge is 0.352 e. The second-order valence-electron chi connectivity index (χ2n) is 6.56. The molecule has 2 rings (SSSR count). The van der Waals surface area contributed by atoms with Crippen molar-refractivity contribution in [3.63, 3.8) is 0 Å². The van der Waals surface area contributed by atoms with Crippen LogP contribution in [0.2, 0.25) is 0 Å². The molecule has 1 fully saturated rings. The summed E-state index contributed by atoms with van der Waals surface area (Å²) in [5, 5.41) is 12.1. The van der Waals surface area contributed by atoms with Crippen LogP contribution in [-0.4, -0.2) is 36.5 Å². The highest BCUT2D eigenvalue weighted by Gasteiger charge is 2.29. The van der Waals surface area contributed by atoms with Crippen molar-refractivity contribution in [2.75, 3.05) is 19.6 Å². The van der Waals surface area contributed by atoms with E-state index in [0.717, 1.165) is 19.5 Å². The molecule has 1 aliphatic heterocycles. The van der Waals surface area contributed by atoms with Crippen molar-refractivity contribution in [1.29, 1.82) is 5.26 Å².